The lowest BCUT2D eigenvalue weighted by Gasteiger charge is -2.19. The Bertz CT molecular complexity index is 575. The smallest absolute Gasteiger partial charge is 0.178 e. The van der Waals surface area contributed by atoms with Crippen LogP contribution in [-0.2, 0) is 4.79 Å². The first-order valence-corrected chi connectivity index (χ1v) is 7.70. The molecule has 1 aliphatic carbocycles. The number of hydrogen-bond acceptors (Lipinski definition) is 4. The molecular formula is C18H24N2O2. The Morgan fingerprint density at radius 3 is 2.45 bits per heavy atom. The molecule has 1 aliphatic rings. The topological polar surface area (TPSA) is 61.4 Å². The molecular weight excluding hydrogens is 276 g/mol. The van der Waals surface area contributed by atoms with Gasteiger partial charge < -0.3 is 15.7 Å². The normalized spacial score (nSPS) is 16.1. The van der Waals surface area contributed by atoms with Gasteiger partial charge in [-0.05, 0) is 43.5 Å². The van der Waals surface area contributed by atoms with E-state index in [0.29, 0.717) is 12.0 Å². The Balaban J connectivity index is 1.99. The third kappa shape index (κ3) is 4.65. The highest BCUT2D eigenvalue weighted by Gasteiger charge is 2.10. The summed E-state index contributed by atoms with van der Waals surface area (Å²) in [6.07, 6.45) is 7.74. The molecule has 4 nitrogen and oxygen atoms in total. The van der Waals surface area contributed by atoms with Crippen molar-refractivity contribution in [1.29, 1.82) is 0 Å². The maximum absolute atomic E-state index is 11.1. The van der Waals surface area contributed by atoms with Gasteiger partial charge in [-0.25, -0.2) is 0 Å². The zero-order valence-corrected chi connectivity index (χ0v) is 13.3. The van der Waals surface area contributed by atoms with Gasteiger partial charge in [0.15, 0.2) is 5.78 Å². The van der Waals surface area contributed by atoms with E-state index in [4.69, 9.17) is 0 Å². The largest absolute Gasteiger partial charge is 0.506 e. The van der Waals surface area contributed by atoms with Crippen molar-refractivity contribution in [3.8, 4) is 5.75 Å². The number of rotatable bonds is 6. The standard InChI is InChI=1S/C18H24N2O2/c1-12(2)10-13(3)19-17-9-6-15(11-18(17)22)20-14-4-7-16(21)8-5-14/h4-9,11-14,19-20,22H,10H2,1-3H3. The molecule has 0 aliphatic heterocycles. The van der Waals surface area contributed by atoms with Crippen LogP contribution in [0.3, 0.4) is 0 Å². The first-order chi connectivity index (χ1) is 10.4. The third-order valence-corrected chi connectivity index (χ3v) is 3.49. The summed E-state index contributed by atoms with van der Waals surface area (Å²) >= 11 is 0. The Morgan fingerprint density at radius 2 is 1.86 bits per heavy atom. The van der Waals surface area contributed by atoms with Crippen molar-refractivity contribution in [2.24, 2.45) is 5.92 Å². The molecule has 0 amide bonds. The molecule has 0 radical (unpaired) electrons. The summed E-state index contributed by atoms with van der Waals surface area (Å²) in [6.45, 7) is 6.47. The Kier molecular flexibility index (Phi) is 5.26. The first kappa shape index (κ1) is 16.1. The minimum absolute atomic E-state index is 0.000384. The minimum atomic E-state index is -0.0317. The molecule has 1 aromatic rings. The van der Waals surface area contributed by atoms with Gasteiger partial charge in [-0.1, -0.05) is 26.0 Å². The van der Waals surface area contributed by atoms with Crippen molar-refractivity contribution in [3.63, 3.8) is 0 Å². The maximum atomic E-state index is 11.1. The molecule has 1 aromatic carbocycles. The first-order valence-electron chi connectivity index (χ1n) is 7.70. The van der Waals surface area contributed by atoms with Gasteiger partial charge in [0, 0.05) is 17.8 Å². The molecule has 4 heteroatoms. The quantitative estimate of drug-likeness (QED) is 0.701. The lowest BCUT2D eigenvalue weighted by atomic mass is 10.0. The van der Waals surface area contributed by atoms with E-state index >= 15 is 0 Å². The van der Waals surface area contributed by atoms with Gasteiger partial charge in [0.1, 0.15) is 5.75 Å². The van der Waals surface area contributed by atoms with Crippen LogP contribution in [-0.4, -0.2) is 23.0 Å². The number of nitrogens with one attached hydrogen (secondary N) is 2. The van der Waals surface area contributed by atoms with Crippen molar-refractivity contribution < 1.29 is 9.90 Å². The predicted octanol–water partition coefficient (Wildman–Crippen LogP) is 3.71. The van der Waals surface area contributed by atoms with Crippen LogP contribution < -0.4 is 10.6 Å². The third-order valence-electron chi connectivity index (χ3n) is 3.49. The summed E-state index contributed by atoms with van der Waals surface area (Å²) in [6, 6.07) is 5.76. The van der Waals surface area contributed by atoms with Crippen LogP contribution in [0.25, 0.3) is 0 Å². The van der Waals surface area contributed by atoms with E-state index in [2.05, 4.69) is 31.4 Å². The average Bonchev–Trinajstić information content (AvgIpc) is 2.43. The number of phenolic OH excluding ortho intramolecular Hbond substituents is 1. The van der Waals surface area contributed by atoms with E-state index in [1.165, 1.54) is 0 Å². The number of ketones is 1. The summed E-state index contributed by atoms with van der Waals surface area (Å²) in [7, 11) is 0. The second-order valence-electron chi connectivity index (χ2n) is 6.20. The average molecular weight is 300 g/mol. The monoisotopic (exact) mass is 300 g/mol. The molecule has 3 N–H and O–H groups in total. The van der Waals surface area contributed by atoms with Gasteiger partial charge in [-0.3, -0.25) is 4.79 Å². The van der Waals surface area contributed by atoms with Crippen molar-refractivity contribution in [2.75, 3.05) is 10.6 Å². The van der Waals surface area contributed by atoms with Crippen LogP contribution in [0.15, 0.2) is 42.5 Å². The molecule has 2 rings (SSSR count). The second-order valence-corrected chi connectivity index (χ2v) is 6.20. The molecule has 0 saturated heterocycles. The highest BCUT2D eigenvalue weighted by molar-refractivity contribution is 6.00. The van der Waals surface area contributed by atoms with Gasteiger partial charge >= 0.3 is 0 Å². The van der Waals surface area contributed by atoms with Crippen molar-refractivity contribution in [1.82, 2.24) is 0 Å². The summed E-state index contributed by atoms with van der Waals surface area (Å²) in [5.74, 6) is 0.832. The number of aromatic hydroxyl groups is 1. The van der Waals surface area contributed by atoms with E-state index in [1.807, 2.05) is 12.1 Å². The second kappa shape index (κ2) is 7.16. The SMILES string of the molecule is CC(C)CC(C)Nc1ccc(NC2C=CC(=O)C=C2)cc1O. The van der Waals surface area contributed by atoms with Crippen LogP contribution in [0.5, 0.6) is 5.75 Å². The van der Waals surface area contributed by atoms with Crippen LogP contribution in [0.1, 0.15) is 27.2 Å². The maximum Gasteiger partial charge on any atom is 0.178 e. The van der Waals surface area contributed by atoms with Crippen molar-refractivity contribution in [3.05, 3.63) is 42.5 Å². The fraction of sp³-hybridized carbons (Fsp3) is 0.389. The number of carbonyl (C=O) groups is 1. The fourth-order valence-electron chi connectivity index (χ4n) is 2.58. The van der Waals surface area contributed by atoms with E-state index in [9.17, 15) is 9.90 Å². The van der Waals surface area contributed by atoms with E-state index in [1.54, 1.807) is 30.4 Å². The van der Waals surface area contributed by atoms with Gasteiger partial charge in [0.05, 0.1) is 11.7 Å². The molecule has 118 valence electrons. The fourth-order valence-corrected chi connectivity index (χ4v) is 2.58. The molecule has 22 heavy (non-hydrogen) atoms. The Labute approximate surface area is 131 Å². The Hall–Kier alpha value is -2.23. The molecule has 0 spiro atoms. The molecule has 0 fully saturated rings. The minimum Gasteiger partial charge on any atom is -0.506 e. The van der Waals surface area contributed by atoms with Crippen LogP contribution >= 0.6 is 0 Å². The van der Waals surface area contributed by atoms with E-state index < -0.39 is 0 Å². The molecule has 1 unspecified atom stereocenters. The summed E-state index contributed by atoms with van der Waals surface area (Å²) in [4.78, 5) is 11.1. The summed E-state index contributed by atoms with van der Waals surface area (Å²) in [5, 5.41) is 16.7. The lowest BCUT2D eigenvalue weighted by molar-refractivity contribution is -0.110. The molecule has 0 bridgehead atoms. The van der Waals surface area contributed by atoms with Crippen molar-refractivity contribution in [2.45, 2.75) is 39.3 Å². The van der Waals surface area contributed by atoms with Gasteiger partial charge in [0.2, 0.25) is 0 Å². The van der Waals surface area contributed by atoms with Crippen LogP contribution in [0, 0.1) is 5.92 Å². The van der Waals surface area contributed by atoms with Crippen molar-refractivity contribution >= 4 is 17.2 Å². The molecule has 0 saturated carbocycles. The lowest BCUT2D eigenvalue weighted by Crippen LogP contribution is -2.18. The number of phenols is 1. The van der Waals surface area contributed by atoms with Gasteiger partial charge in [-0.2, -0.15) is 0 Å². The molecule has 0 aromatic heterocycles. The Morgan fingerprint density at radius 1 is 1.18 bits per heavy atom. The number of allylic oxidation sites excluding steroid dienone is 2. The highest BCUT2D eigenvalue weighted by atomic mass is 16.3. The number of benzene rings is 1. The van der Waals surface area contributed by atoms with Crippen LogP contribution in [0.4, 0.5) is 11.4 Å². The molecule has 1 atom stereocenters. The number of hydrogen-bond donors (Lipinski definition) is 3. The zero-order valence-electron chi connectivity index (χ0n) is 13.3. The van der Waals surface area contributed by atoms with E-state index in [0.717, 1.165) is 17.8 Å². The molecule has 0 heterocycles. The predicted molar refractivity (Wildman–Crippen MR) is 91.3 cm³/mol. The summed E-state index contributed by atoms with van der Waals surface area (Å²) < 4.78 is 0. The van der Waals surface area contributed by atoms with Gasteiger partial charge in [-0.15, -0.1) is 0 Å². The number of anilines is 2. The highest BCUT2D eigenvalue weighted by Crippen LogP contribution is 2.28. The van der Waals surface area contributed by atoms with Gasteiger partial charge in [0.25, 0.3) is 0 Å². The zero-order chi connectivity index (χ0) is 16.1. The number of carbonyl (C=O) groups excluding carboxylic acids is 1. The summed E-state index contributed by atoms with van der Waals surface area (Å²) in [5.41, 5.74) is 1.55. The van der Waals surface area contributed by atoms with E-state index in [-0.39, 0.29) is 17.6 Å². The van der Waals surface area contributed by atoms with Crippen LogP contribution in [0.2, 0.25) is 0 Å².